The summed E-state index contributed by atoms with van der Waals surface area (Å²) >= 11 is 0. The molecule has 0 amide bonds. The highest BCUT2D eigenvalue weighted by molar-refractivity contribution is 5.79. The zero-order valence-corrected chi connectivity index (χ0v) is 9.05. The maximum atomic E-state index is 11.1. The van der Waals surface area contributed by atoms with Crippen LogP contribution in [-0.4, -0.2) is 18.0 Å². The van der Waals surface area contributed by atoms with Crippen molar-refractivity contribution in [1.29, 1.82) is 0 Å². The Morgan fingerprint density at radius 3 is 2.38 bits per heavy atom. The van der Waals surface area contributed by atoms with Gasteiger partial charge >= 0.3 is 0 Å². The summed E-state index contributed by atoms with van der Waals surface area (Å²) in [5.74, 6) is 0.103. The van der Waals surface area contributed by atoms with Crippen LogP contribution >= 0.6 is 0 Å². The molecule has 0 aromatic rings. The molecule has 0 fully saturated rings. The third-order valence-corrected chi connectivity index (χ3v) is 1.34. The topological polar surface area (TPSA) is 35.5 Å². The Hall–Kier alpha value is -0.410. The number of Topliss-reactive ketones (excluding diaryl/α,β-unsaturated/α-hetero) is 1. The fraction of sp³-hybridized carbons (Fsp3) is 0.900. The molecule has 0 rings (SSSR count). The van der Waals surface area contributed by atoms with Crippen LogP contribution in [0, 0.1) is 0 Å². The van der Waals surface area contributed by atoms with Gasteiger partial charge in [0.2, 0.25) is 0 Å². The van der Waals surface area contributed by atoms with Crippen molar-refractivity contribution >= 4 is 5.78 Å². The van der Waals surface area contributed by atoms with Crippen LogP contribution in [0.3, 0.4) is 0 Å². The van der Waals surface area contributed by atoms with Crippen LogP contribution in [-0.2, 0) is 14.6 Å². The van der Waals surface area contributed by atoms with E-state index in [0.29, 0.717) is 6.42 Å². The summed E-state index contributed by atoms with van der Waals surface area (Å²) in [5.41, 5.74) is -0.342. The van der Waals surface area contributed by atoms with Crippen LogP contribution < -0.4 is 0 Å². The maximum Gasteiger partial charge on any atom is 0.161 e. The molecule has 0 spiro atoms. The van der Waals surface area contributed by atoms with Crippen LogP contribution in [0.15, 0.2) is 0 Å². The first-order valence-corrected chi connectivity index (χ1v) is 4.78. The van der Waals surface area contributed by atoms with Crippen molar-refractivity contribution in [2.45, 2.75) is 52.6 Å². The quantitative estimate of drug-likeness (QED) is 0.474. The van der Waals surface area contributed by atoms with E-state index in [0.717, 1.165) is 12.8 Å². The molecule has 0 aliphatic heterocycles. The summed E-state index contributed by atoms with van der Waals surface area (Å²) in [5, 5.41) is 0. The van der Waals surface area contributed by atoms with Crippen molar-refractivity contribution in [3.63, 3.8) is 0 Å². The van der Waals surface area contributed by atoms with Gasteiger partial charge in [0.25, 0.3) is 0 Å². The minimum absolute atomic E-state index is 0.0667. The van der Waals surface area contributed by atoms with E-state index in [1.165, 1.54) is 0 Å². The van der Waals surface area contributed by atoms with E-state index >= 15 is 0 Å². The highest BCUT2D eigenvalue weighted by Gasteiger charge is 2.12. The molecular formula is C10H20O3. The zero-order chi connectivity index (χ0) is 10.3. The van der Waals surface area contributed by atoms with E-state index < -0.39 is 0 Å². The van der Waals surface area contributed by atoms with Gasteiger partial charge in [-0.05, 0) is 27.2 Å². The Labute approximate surface area is 80.3 Å². The van der Waals surface area contributed by atoms with Crippen molar-refractivity contribution in [3.05, 3.63) is 0 Å². The van der Waals surface area contributed by atoms with Crippen LogP contribution in [0.2, 0.25) is 0 Å². The lowest BCUT2D eigenvalue weighted by Crippen LogP contribution is -2.21. The second-order valence-corrected chi connectivity index (χ2v) is 4.10. The minimum Gasteiger partial charge on any atom is -0.297 e. The van der Waals surface area contributed by atoms with Gasteiger partial charge in [-0.25, -0.2) is 9.78 Å². The van der Waals surface area contributed by atoms with Crippen molar-refractivity contribution in [2.24, 2.45) is 0 Å². The molecule has 0 N–H and O–H groups in total. The van der Waals surface area contributed by atoms with Gasteiger partial charge < -0.3 is 0 Å². The van der Waals surface area contributed by atoms with Crippen LogP contribution in [0.1, 0.15) is 47.0 Å². The zero-order valence-electron chi connectivity index (χ0n) is 9.05. The molecule has 0 saturated heterocycles. The van der Waals surface area contributed by atoms with E-state index in [1.54, 1.807) is 0 Å². The fourth-order valence-electron chi connectivity index (χ4n) is 0.718. The number of ketones is 1. The average molecular weight is 188 g/mol. The van der Waals surface area contributed by atoms with Crippen molar-refractivity contribution in [1.82, 2.24) is 0 Å². The van der Waals surface area contributed by atoms with Gasteiger partial charge in [-0.3, -0.25) is 4.79 Å². The van der Waals surface area contributed by atoms with Gasteiger partial charge in [-0.2, -0.15) is 0 Å². The van der Waals surface area contributed by atoms with E-state index in [2.05, 4.69) is 6.92 Å². The fourth-order valence-corrected chi connectivity index (χ4v) is 0.718. The molecule has 0 bridgehead atoms. The van der Waals surface area contributed by atoms with Crippen molar-refractivity contribution < 1.29 is 14.6 Å². The molecule has 0 radical (unpaired) electrons. The average Bonchev–Trinajstić information content (AvgIpc) is 1.98. The summed E-state index contributed by atoms with van der Waals surface area (Å²) in [6, 6.07) is 0. The van der Waals surface area contributed by atoms with Crippen LogP contribution in [0.25, 0.3) is 0 Å². The number of carbonyl (C=O) groups is 1. The van der Waals surface area contributed by atoms with E-state index in [9.17, 15) is 4.79 Å². The molecule has 0 atom stereocenters. The molecule has 0 aromatic carbocycles. The molecule has 0 heterocycles. The molecular weight excluding hydrogens is 168 g/mol. The number of hydrogen-bond acceptors (Lipinski definition) is 3. The van der Waals surface area contributed by atoms with Crippen LogP contribution in [0.4, 0.5) is 0 Å². The van der Waals surface area contributed by atoms with Gasteiger partial charge in [0, 0.05) is 6.42 Å². The Kier molecular flexibility index (Phi) is 5.91. The lowest BCUT2D eigenvalue weighted by Gasteiger charge is -2.16. The minimum atomic E-state index is -0.342. The van der Waals surface area contributed by atoms with E-state index in [4.69, 9.17) is 9.78 Å². The van der Waals surface area contributed by atoms with Gasteiger partial charge in [-0.1, -0.05) is 13.3 Å². The maximum absolute atomic E-state index is 11.1. The lowest BCUT2D eigenvalue weighted by atomic mass is 10.2. The molecule has 0 saturated carbocycles. The normalized spacial score (nSPS) is 11.7. The third-order valence-electron chi connectivity index (χ3n) is 1.34. The standard InChI is InChI=1S/C10H20O3/c1-5-6-7-9(11)8-12-13-10(2,3)4/h5-8H2,1-4H3. The highest BCUT2D eigenvalue weighted by Crippen LogP contribution is 2.07. The monoisotopic (exact) mass is 188 g/mol. The molecule has 0 aromatic heterocycles. The second-order valence-electron chi connectivity index (χ2n) is 4.10. The molecule has 0 aliphatic rings. The molecule has 3 heteroatoms. The molecule has 0 unspecified atom stereocenters. The molecule has 0 aliphatic carbocycles. The summed E-state index contributed by atoms with van der Waals surface area (Å²) in [4.78, 5) is 20.8. The van der Waals surface area contributed by atoms with E-state index in [1.807, 2.05) is 20.8 Å². The Morgan fingerprint density at radius 1 is 1.31 bits per heavy atom. The number of hydrogen-bond donors (Lipinski definition) is 0. The SMILES string of the molecule is CCCCC(=O)COOC(C)(C)C. The van der Waals surface area contributed by atoms with Gasteiger partial charge in [-0.15, -0.1) is 0 Å². The van der Waals surface area contributed by atoms with Crippen molar-refractivity contribution in [2.75, 3.05) is 6.61 Å². The summed E-state index contributed by atoms with van der Waals surface area (Å²) in [6.07, 6.45) is 2.55. The second kappa shape index (κ2) is 6.11. The van der Waals surface area contributed by atoms with Gasteiger partial charge in [0.05, 0.1) is 5.60 Å². The Morgan fingerprint density at radius 2 is 1.92 bits per heavy atom. The number of unbranched alkanes of at least 4 members (excludes halogenated alkanes) is 1. The predicted octanol–water partition coefficient (Wildman–Crippen LogP) is 2.49. The first-order chi connectivity index (χ1) is 5.95. The summed E-state index contributed by atoms with van der Waals surface area (Å²) < 4.78 is 0. The first kappa shape index (κ1) is 12.6. The molecule has 13 heavy (non-hydrogen) atoms. The lowest BCUT2D eigenvalue weighted by molar-refractivity contribution is -0.342. The smallest absolute Gasteiger partial charge is 0.161 e. The largest absolute Gasteiger partial charge is 0.297 e. The third kappa shape index (κ3) is 9.50. The van der Waals surface area contributed by atoms with Crippen molar-refractivity contribution in [3.8, 4) is 0 Å². The Balaban J connectivity index is 3.37. The highest BCUT2D eigenvalue weighted by atomic mass is 17.2. The van der Waals surface area contributed by atoms with Crippen LogP contribution in [0.5, 0.6) is 0 Å². The number of carbonyl (C=O) groups excluding carboxylic acids is 1. The van der Waals surface area contributed by atoms with E-state index in [-0.39, 0.29) is 18.0 Å². The summed E-state index contributed by atoms with van der Waals surface area (Å²) in [6.45, 7) is 7.76. The molecule has 3 nitrogen and oxygen atoms in total. The predicted molar refractivity (Wildman–Crippen MR) is 51.3 cm³/mol. The van der Waals surface area contributed by atoms with Gasteiger partial charge in [0.15, 0.2) is 5.78 Å². The van der Waals surface area contributed by atoms with Gasteiger partial charge in [0.1, 0.15) is 6.61 Å². The molecule has 78 valence electrons. The number of rotatable bonds is 6. The Bertz CT molecular complexity index is 147. The summed E-state index contributed by atoms with van der Waals surface area (Å²) in [7, 11) is 0. The first-order valence-electron chi connectivity index (χ1n) is 4.78.